The van der Waals surface area contributed by atoms with Gasteiger partial charge >= 0.3 is 0 Å². The summed E-state index contributed by atoms with van der Waals surface area (Å²) in [6.07, 6.45) is 1.27. The van der Waals surface area contributed by atoms with Crippen LogP contribution in [0.1, 0.15) is 39.6 Å². The van der Waals surface area contributed by atoms with Crippen LogP contribution < -0.4 is 0 Å². The lowest BCUT2D eigenvalue weighted by molar-refractivity contribution is 0.102. The van der Waals surface area contributed by atoms with Gasteiger partial charge < -0.3 is 9.13 Å². The second-order valence-corrected chi connectivity index (χ2v) is 11.8. The van der Waals surface area contributed by atoms with E-state index in [-0.39, 0.29) is 29.0 Å². The molecule has 0 saturated carbocycles. The summed E-state index contributed by atoms with van der Waals surface area (Å²) in [5.41, 5.74) is 4.91. The Kier molecular flexibility index (Phi) is 6.31. The van der Waals surface area contributed by atoms with E-state index in [1.165, 1.54) is 17.3 Å². The van der Waals surface area contributed by atoms with Crippen molar-refractivity contribution < 1.29 is 13.2 Å². The Hall–Kier alpha value is -2.39. The highest BCUT2D eigenvalue weighted by Gasteiger charge is 2.29. The number of thioether (sulfide) groups is 1. The van der Waals surface area contributed by atoms with Gasteiger partial charge in [0.15, 0.2) is 20.8 Å². The number of carbonyl (C=O) groups is 1. The van der Waals surface area contributed by atoms with E-state index in [0.29, 0.717) is 23.6 Å². The third-order valence-electron chi connectivity index (χ3n) is 6.08. The van der Waals surface area contributed by atoms with Crippen molar-refractivity contribution in [3.8, 4) is 5.69 Å². The van der Waals surface area contributed by atoms with Crippen LogP contribution in [-0.4, -0.2) is 50.8 Å². The largest absolute Gasteiger partial charge is 0.318 e. The summed E-state index contributed by atoms with van der Waals surface area (Å²) in [5, 5.41) is 9.14. The Morgan fingerprint density at radius 1 is 1.16 bits per heavy atom. The van der Waals surface area contributed by atoms with E-state index in [4.69, 9.17) is 0 Å². The molecule has 0 bridgehead atoms. The molecule has 1 unspecified atom stereocenters. The lowest BCUT2D eigenvalue weighted by atomic mass is 10.1. The number of sulfone groups is 1. The zero-order chi connectivity index (χ0) is 23.0. The second kappa shape index (κ2) is 8.86. The normalized spacial score (nSPS) is 17.7. The highest BCUT2D eigenvalue weighted by molar-refractivity contribution is 7.99. The molecule has 4 rings (SSSR count). The SMILES string of the molecule is Cc1ccc(-n2c(C)cc(C(=O)CSc3nnc(CC4CCS(=O)(=O)C4)n3C)c2C)cc1. The molecule has 0 radical (unpaired) electrons. The number of ketones is 1. The number of aromatic nitrogens is 4. The third-order valence-corrected chi connectivity index (χ3v) is 8.94. The van der Waals surface area contributed by atoms with Gasteiger partial charge in [0, 0.05) is 36.1 Å². The zero-order valence-corrected chi connectivity index (χ0v) is 20.5. The summed E-state index contributed by atoms with van der Waals surface area (Å²) in [4.78, 5) is 13.0. The van der Waals surface area contributed by atoms with Crippen molar-refractivity contribution in [2.75, 3.05) is 17.3 Å². The molecule has 7 nitrogen and oxygen atoms in total. The van der Waals surface area contributed by atoms with Crippen molar-refractivity contribution in [2.45, 2.75) is 38.8 Å². The molecule has 1 atom stereocenters. The minimum Gasteiger partial charge on any atom is -0.318 e. The Balaban J connectivity index is 1.44. The standard InChI is InChI=1S/C23H28N4O3S2/c1-15-5-7-19(8-6-15)27-16(2)11-20(17(27)3)21(28)13-31-23-25-24-22(26(23)4)12-18-9-10-32(29,30)14-18/h5-8,11,18H,9-10,12-14H2,1-4H3. The maximum Gasteiger partial charge on any atom is 0.191 e. The molecule has 0 amide bonds. The lowest BCUT2D eigenvalue weighted by Crippen LogP contribution is -2.11. The maximum atomic E-state index is 13.0. The number of hydrogen-bond donors (Lipinski definition) is 0. The summed E-state index contributed by atoms with van der Waals surface area (Å²) in [6.45, 7) is 6.04. The molecule has 0 N–H and O–H groups in total. The van der Waals surface area contributed by atoms with Crippen LogP contribution in [0.4, 0.5) is 0 Å². The van der Waals surface area contributed by atoms with Gasteiger partial charge in [-0.25, -0.2) is 8.42 Å². The average Bonchev–Trinajstić information content (AvgIpc) is 3.36. The van der Waals surface area contributed by atoms with Gasteiger partial charge in [-0.3, -0.25) is 4.79 Å². The number of Topliss-reactive ketones (excluding diaryl/α,β-unsaturated/α-hetero) is 1. The van der Waals surface area contributed by atoms with E-state index in [1.807, 2.05) is 31.5 Å². The van der Waals surface area contributed by atoms with E-state index < -0.39 is 9.84 Å². The smallest absolute Gasteiger partial charge is 0.191 e. The first-order valence-electron chi connectivity index (χ1n) is 10.7. The van der Waals surface area contributed by atoms with E-state index in [1.54, 1.807) is 0 Å². The Morgan fingerprint density at radius 3 is 2.53 bits per heavy atom. The van der Waals surface area contributed by atoms with E-state index in [0.717, 1.165) is 22.9 Å². The van der Waals surface area contributed by atoms with Crippen LogP contribution in [0.5, 0.6) is 0 Å². The molecule has 1 fully saturated rings. The number of carbonyl (C=O) groups excluding carboxylic acids is 1. The molecule has 0 aliphatic carbocycles. The van der Waals surface area contributed by atoms with Crippen molar-refractivity contribution in [1.29, 1.82) is 0 Å². The molecule has 1 saturated heterocycles. The fourth-order valence-corrected chi connectivity index (χ4v) is 6.96. The van der Waals surface area contributed by atoms with Gasteiger partial charge in [-0.15, -0.1) is 10.2 Å². The molecule has 9 heteroatoms. The van der Waals surface area contributed by atoms with E-state index in [2.05, 4.69) is 46.0 Å². The fourth-order valence-electron chi connectivity index (χ4n) is 4.28. The highest BCUT2D eigenvalue weighted by atomic mass is 32.2. The summed E-state index contributed by atoms with van der Waals surface area (Å²) >= 11 is 1.36. The summed E-state index contributed by atoms with van der Waals surface area (Å²) in [7, 11) is -1.04. The first-order valence-corrected chi connectivity index (χ1v) is 13.5. The van der Waals surface area contributed by atoms with Crippen LogP contribution in [0.2, 0.25) is 0 Å². The molecule has 3 heterocycles. The fraction of sp³-hybridized carbons (Fsp3) is 0.435. The summed E-state index contributed by atoms with van der Waals surface area (Å²) in [5.74, 6) is 1.65. The number of aryl methyl sites for hydroxylation is 2. The Morgan fingerprint density at radius 2 is 1.88 bits per heavy atom. The monoisotopic (exact) mass is 472 g/mol. The van der Waals surface area contributed by atoms with Gasteiger partial charge in [-0.05, 0) is 51.3 Å². The minimum absolute atomic E-state index is 0.0490. The van der Waals surface area contributed by atoms with Crippen LogP contribution in [0.25, 0.3) is 5.69 Å². The van der Waals surface area contributed by atoms with E-state index in [9.17, 15) is 13.2 Å². The van der Waals surface area contributed by atoms with Gasteiger partial charge in [0.05, 0.1) is 17.3 Å². The van der Waals surface area contributed by atoms with Crippen LogP contribution >= 0.6 is 11.8 Å². The summed E-state index contributed by atoms with van der Waals surface area (Å²) < 4.78 is 27.4. The number of benzene rings is 1. The number of rotatable bonds is 7. The average molecular weight is 473 g/mol. The van der Waals surface area contributed by atoms with Crippen LogP contribution in [0, 0.1) is 26.7 Å². The molecule has 1 aliphatic heterocycles. The third kappa shape index (κ3) is 4.68. The molecular formula is C23H28N4O3S2. The van der Waals surface area contributed by atoms with Gasteiger partial charge in [0.2, 0.25) is 0 Å². The molecule has 1 aliphatic rings. The first kappa shape index (κ1) is 22.8. The van der Waals surface area contributed by atoms with Crippen LogP contribution in [-0.2, 0) is 23.3 Å². The zero-order valence-electron chi connectivity index (χ0n) is 18.8. The molecule has 1 aromatic carbocycles. The summed E-state index contributed by atoms with van der Waals surface area (Å²) in [6, 6.07) is 10.2. The van der Waals surface area contributed by atoms with Crippen LogP contribution in [0.3, 0.4) is 0 Å². The maximum absolute atomic E-state index is 13.0. The topological polar surface area (TPSA) is 86.8 Å². The molecular weight excluding hydrogens is 444 g/mol. The van der Waals surface area contributed by atoms with Gasteiger partial charge in [0.25, 0.3) is 0 Å². The number of nitrogens with zero attached hydrogens (tertiary/aromatic N) is 4. The predicted molar refractivity (Wildman–Crippen MR) is 127 cm³/mol. The van der Waals surface area contributed by atoms with Crippen molar-refractivity contribution in [3.05, 3.63) is 58.7 Å². The molecule has 170 valence electrons. The quantitative estimate of drug-likeness (QED) is 0.386. The Bertz CT molecular complexity index is 1260. The van der Waals surface area contributed by atoms with Crippen LogP contribution in [0.15, 0.2) is 35.5 Å². The molecule has 0 spiro atoms. The predicted octanol–water partition coefficient (Wildman–Crippen LogP) is 3.48. The van der Waals surface area contributed by atoms with Gasteiger partial charge in [0.1, 0.15) is 5.82 Å². The van der Waals surface area contributed by atoms with Gasteiger partial charge in [-0.2, -0.15) is 0 Å². The lowest BCUT2D eigenvalue weighted by Gasteiger charge is -2.10. The van der Waals surface area contributed by atoms with Crippen molar-refractivity contribution in [3.63, 3.8) is 0 Å². The van der Waals surface area contributed by atoms with Crippen molar-refractivity contribution in [1.82, 2.24) is 19.3 Å². The van der Waals surface area contributed by atoms with Gasteiger partial charge in [-0.1, -0.05) is 29.5 Å². The first-order chi connectivity index (χ1) is 15.1. The molecule has 32 heavy (non-hydrogen) atoms. The minimum atomic E-state index is -2.91. The molecule has 3 aromatic rings. The van der Waals surface area contributed by atoms with Crippen molar-refractivity contribution >= 4 is 27.4 Å². The van der Waals surface area contributed by atoms with E-state index >= 15 is 0 Å². The highest BCUT2D eigenvalue weighted by Crippen LogP contribution is 2.26. The number of hydrogen-bond acceptors (Lipinski definition) is 6. The van der Waals surface area contributed by atoms with Crippen molar-refractivity contribution in [2.24, 2.45) is 13.0 Å². The molecule has 2 aromatic heterocycles. The Labute approximate surface area is 193 Å². The second-order valence-electron chi connectivity index (χ2n) is 8.60.